The van der Waals surface area contributed by atoms with Gasteiger partial charge in [-0.25, -0.2) is 0 Å². The lowest BCUT2D eigenvalue weighted by Gasteiger charge is -2.30. The molecule has 5 atom stereocenters. The number of amides is 1. The first kappa shape index (κ1) is 20.3. The lowest BCUT2D eigenvalue weighted by Crippen LogP contribution is -2.48. The van der Waals surface area contributed by atoms with E-state index in [1.165, 1.54) is 24.1 Å². The van der Waals surface area contributed by atoms with Crippen LogP contribution in [-0.2, 0) is 11.2 Å². The first-order chi connectivity index (χ1) is 11.1. The van der Waals surface area contributed by atoms with E-state index in [1.54, 1.807) is 0 Å². The summed E-state index contributed by atoms with van der Waals surface area (Å²) < 4.78 is 0. The summed E-state index contributed by atoms with van der Waals surface area (Å²) in [7, 11) is 0. The highest BCUT2D eigenvalue weighted by atomic mass is 35.5. The summed E-state index contributed by atoms with van der Waals surface area (Å²) in [4.78, 5) is 15.0. The van der Waals surface area contributed by atoms with E-state index in [2.05, 4.69) is 41.4 Å². The highest BCUT2D eigenvalue weighted by Crippen LogP contribution is 2.47. The SMILES string of the molecule is CC(CNC(=O)C1C2CCC(C2)C1N)N1CCc2ccccc21.Cl.Cl. The van der Waals surface area contributed by atoms with Crippen molar-refractivity contribution in [2.24, 2.45) is 23.5 Å². The number of benzene rings is 1. The number of carbonyl (C=O) groups excluding carboxylic acids is 1. The van der Waals surface area contributed by atoms with Crippen molar-refractivity contribution >= 4 is 36.4 Å². The highest BCUT2D eigenvalue weighted by molar-refractivity contribution is 5.85. The Morgan fingerprint density at radius 1 is 1.28 bits per heavy atom. The molecule has 1 amide bonds. The highest BCUT2D eigenvalue weighted by Gasteiger charge is 2.49. The zero-order valence-corrected chi connectivity index (χ0v) is 16.3. The summed E-state index contributed by atoms with van der Waals surface area (Å²) in [5, 5.41) is 3.19. The lowest BCUT2D eigenvalue weighted by molar-refractivity contribution is -0.127. The molecule has 2 aliphatic carbocycles. The molecule has 5 unspecified atom stereocenters. The third kappa shape index (κ3) is 3.62. The Labute approximate surface area is 162 Å². The molecule has 1 heterocycles. The Bertz CT molecular complexity index is 610. The van der Waals surface area contributed by atoms with Crippen molar-refractivity contribution in [1.82, 2.24) is 5.32 Å². The molecule has 6 heteroatoms. The largest absolute Gasteiger partial charge is 0.366 e. The number of fused-ring (bicyclic) bond motifs is 3. The maximum Gasteiger partial charge on any atom is 0.225 e. The fourth-order valence-electron chi connectivity index (χ4n) is 5.02. The summed E-state index contributed by atoms with van der Waals surface area (Å²) in [6, 6.07) is 8.98. The van der Waals surface area contributed by atoms with Gasteiger partial charge >= 0.3 is 0 Å². The molecule has 2 bridgehead atoms. The van der Waals surface area contributed by atoms with Crippen LogP contribution in [0.1, 0.15) is 31.7 Å². The van der Waals surface area contributed by atoms with Gasteiger partial charge in [0.15, 0.2) is 0 Å². The number of nitrogens with two attached hydrogens (primary N) is 1. The monoisotopic (exact) mass is 385 g/mol. The standard InChI is InChI=1S/C19H27N3O.2ClH/c1-12(22-9-8-13-4-2-3-5-16(13)22)11-21-19(23)17-14-6-7-15(10-14)18(17)20;;/h2-5,12,14-15,17-18H,6-11,20H2,1H3,(H,21,23);2*1H. The van der Waals surface area contributed by atoms with Crippen molar-refractivity contribution in [2.45, 2.75) is 44.7 Å². The van der Waals surface area contributed by atoms with Gasteiger partial charge in [-0.1, -0.05) is 18.2 Å². The van der Waals surface area contributed by atoms with Gasteiger partial charge in [-0.3, -0.25) is 4.79 Å². The van der Waals surface area contributed by atoms with E-state index < -0.39 is 0 Å². The molecule has 2 fully saturated rings. The number of hydrogen-bond donors (Lipinski definition) is 2. The Balaban J connectivity index is 0.00000113. The number of hydrogen-bond acceptors (Lipinski definition) is 3. The fraction of sp³-hybridized carbons (Fsp3) is 0.632. The zero-order chi connectivity index (χ0) is 16.0. The molecule has 4 rings (SSSR count). The molecule has 0 aromatic heterocycles. The lowest BCUT2D eigenvalue weighted by atomic mass is 9.84. The van der Waals surface area contributed by atoms with Crippen LogP contribution >= 0.6 is 24.8 Å². The van der Waals surface area contributed by atoms with Crippen molar-refractivity contribution < 1.29 is 4.79 Å². The van der Waals surface area contributed by atoms with Crippen LogP contribution in [0.3, 0.4) is 0 Å². The number of carbonyl (C=O) groups is 1. The minimum Gasteiger partial charge on any atom is -0.366 e. The predicted molar refractivity (Wildman–Crippen MR) is 107 cm³/mol. The molecule has 0 radical (unpaired) electrons. The fourth-order valence-corrected chi connectivity index (χ4v) is 5.02. The average Bonchev–Trinajstić information content (AvgIpc) is 3.26. The van der Waals surface area contributed by atoms with Gasteiger partial charge in [0, 0.05) is 30.9 Å². The number of nitrogens with zero attached hydrogens (tertiary/aromatic N) is 1. The third-order valence-electron chi connectivity index (χ3n) is 6.31. The third-order valence-corrected chi connectivity index (χ3v) is 6.31. The second-order valence-electron chi connectivity index (χ2n) is 7.60. The minimum atomic E-state index is 0. The second-order valence-corrected chi connectivity index (χ2v) is 7.60. The molecule has 0 saturated heterocycles. The normalized spacial score (nSPS) is 30.2. The minimum absolute atomic E-state index is 0. The van der Waals surface area contributed by atoms with Gasteiger partial charge in [0.25, 0.3) is 0 Å². The van der Waals surface area contributed by atoms with Crippen LogP contribution < -0.4 is 16.0 Å². The maximum absolute atomic E-state index is 12.6. The molecule has 2 saturated carbocycles. The zero-order valence-electron chi connectivity index (χ0n) is 14.7. The van der Waals surface area contributed by atoms with Crippen molar-refractivity contribution in [3.05, 3.63) is 29.8 Å². The molecular formula is C19H29Cl2N3O. The molecule has 3 N–H and O–H groups in total. The van der Waals surface area contributed by atoms with Gasteiger partial charge in [-0.2, -0.15) is 0 Å². The van der Waals surface area contributed by atoms with E-state index in [-0.39, 0.29) is 42.7 Å². The van der Waals surface area contributed by atoms with E-state index in [0.29, 0.717) is 24.4 Å². The van der Waals surface area contributed by atoms with Crippen LogP contribution in [0, 0.1) is 17.8 Å². The van der Waals surface area contributed by atoms with Crippen molar-refractivity contribution in [2.75, 3.05) is 18.0 Å². The van der Waals surface area contributed by atoms with Crippen molar-refractivity contribution in [1.29, 1.82) is 0 Å². The van der Waals surface area contributed by atoms with Gasteiger partial charge in [0.05, 0.1) is 5.92 Å². The predicted octanol–water partition coefficient (Wildman–Crippen LogP) is 2.77. The molecule has 4 nitrogen and oxygen atoms in total. The topological polar surface area (TPSA) is 58.4 Å². The van der Waals surface area contributed by atoms with Gasteiger partial charge in [0.2, 0.25) is 5.91 Å². The van der Waals surface area contributed by atoms with Gasteiger partial charge in [0.1, 0.15) is 0 Å². The molecular weight excluding hydrogens is 357 g/mol. The van der Waals surface area contributed by atoms with Crippen LogP contribution in [0.15, 0.2) is 24.3 Å². The Morgan fingerprint density at radius 3 is 2.72 bits per heavy atom. The number of rotatable bonds is 4. The summed E-state index contributed by atoms with van der Waals surface area (Å²) in [6.45, 7) is 3.95. The summed E-state index contributed by atoms with van der Waals surface area (Å²) in [6.07, 6.45) is 4.67. The van der Waals surface area contributed by atoms with E-state index in [0.717, 1.165) is 19.4 Å². The van der Waals surface area contributed by atoms with Gasteiger partial charge in [-0.15, -0.1) is 24.8 Å². The number of nitrogens with one attached hydrogen (secondary N) is 1. The first-order valence-electron chi connectivity index (χ1n) is 9.03. The van der Waals surface area contributed by atoms with E-state index in [4.69, 9.17) is 5.73 Å². The van der Waals surface area contributed by atoms with Crippen LogP contribution in [0.25, 0.3) is 0 Å². The second kappa shape index (κ2) is 8.15. The summed E-state index contributed by atoms with van der Waals surface area (Å²) >= 11 is 0. The number of anilines is 1. The molecule has 1 aliphatic heterocycles. The summed E-state index contributed by atoms with van der Waals surface area (Å²) in [5.74, 6) is 1.34. The molecule has 25 heavy (non-hydrogen) atoms. The smallest absolute Gasteiger partial charge is 0.225 e. The average molecular weight is 386 g/mol. The Morgan fingerprint density at radius 2 is 2.00 bits per heavy atom. The van der Waals surface area contributed by atoms with E-state index >= 15 is 0 Å². The van der Waals surface area contributed by atoms with Crippen LogP contribution in [0.5, 0.6) is 0 Å². The molecule has 1 aromatic carbocycles. The van der Waals surface area contributed by atoms with E-state index in [9.17, 15) is 4.79 Å². The van der Waals surface area contributed by atoms with Crippen LogP contribution in [-0.4, -0.2) is 31.1 Å². The molecule has 1 aromatic rings. The van der Waals surface area contributed by atoms with Crippen molar-refractivity contribution in [3.63, 3.8) is 0 Å². The van der Waals surface area contributed by atoms with E-state index in [1.807, 2.05) is 0 Å². The molecule has 0 spiro atoms. The Kier molecular flexibility index (Phi) is 6.63. The maximum atomic E-state index is 12.6. The summed E-state index contributed by atoms with van der Waals surface area (Å²) in [5.41, 5.74) is 9.03. The Hall–Kier alpha value is -0.970. The molecule has 140 valence electrons. The number of halogens is 2. The number of para-hydroxylation sites is 1. The van der Waals surface area contributed by atoms with Crippen LogP contribution in [0.4, 0.5) is 5.69 Å². The first-order valence-corrected chi connectivity index (χ1v) is 9.03. The van der Waals surface area contributed by atoms with Crippen LogP contribution in [0.2, 0.25) is 0 Å². The van der Waals surface area contributed by atoms with Gasteiger partial charge < -0.3 is 16.0 Å². The molecule has 3 aliphatic rings. The van der Waals surface area contributed by atoms with Crippen molar-refractivity contribution in [3.8, 4) is 0 Å². The van der Waals surface area contributed by atoms with Gasteiger partial charge in [-0.05, 0) is 56.1 Å². The quantitative estimate of drug-likeness (QED) is 0.837.